The van der Waals surface area contributed by atoms with Gasteiger partial charge in [0.05, 0.1) is 0 Å². The first-order valence-electron chi connectivity index (χ1n) is 8.88. The summed E-state index contributed by atoms with van der Waals surface area (Å²) in [7, 11) is 0. The van der Waals surface area contributed by atoms with E-state index in [0.29, 0.717) is 0 Å². The van der Waals surface area contributed by atoms with Crippen LogP contribution in [0.2, 0.25) is 0 Å². The molecule has 3 aromatic carbocycles. The molecule has 0 saturated carbocycles. The molecule has 0 fully saturated rings. The number of rotatable bonds is 6. The fraction of sp³-hybridized carbons (Fsp3) is 0.250. The summed E-state index contributed by atoms with van der Waals surface area (Å²) in [5, 5.41) is 0. The van der Waals surface area contributed by atoms with E-state index in [4.69, 9.17) is 0 Å². The normalized spacial score (nSPS) is 10.8. The Morgan fingerprint density at radius 2 is 0.583 bits per heavy atom. The van der Waals surface area contributed by atoms with E-state index in [2.05, 4.69) is 86.6 Å². The van der Waals surface area contributed by atoms with Gasteiger partial charge in [-0.05, 0) is 61.8 Å². The van der Waals surface area contributed by atoms with Crippen LogP contribution in [0.4, 0.5) is 0 Å². The number of aryl methyl sites for hydroxylation is 6. The molecule has 3 aromatic rings. The van der Waals surface area contributed by atoms with Crippen molar-refractivity contribution in [2.75, 3.05) is 0 Å². The Bertz CT molecular complexity index is 678. The van der Waals surface area contributed by atoms with Gasteiger partial charge in [0.2, 0.25) is 0 Å². The van der Waals surface area contributed by atoms with Crippen molar-refractivity contribution in [2.24, 2.45) is 0 Å². The van der Waals surface area contributed by atoms with E-state index in [9.17, 15) is 0 Å². The van der Waals surface area contributed by atoms with Crippen LogP contribution in [-0.2, 0) is 25.7 Å². The van der Waals surface area contributed by atoms with Crippen LogP contribution in [0.5, 0.6) is 0 Å². The second kappa shape index (κ2) is 7.97. The molecule has 0 spiro atoms. The van der Waals surface area contributed by atoms with Crippen LogP contribution >= 0.6 is 0 Å². The zero-order chi connectivity index (χ0) is 16.8. The van der Waals surface area contributed by atoms with Gasteiger partial charge < -0.3 is 0 Å². The molecule has 122 valence electrons. The van der Waals surface area contributed by atoms with Crippen molar-refractivity contribution < 1.29 is 0 Å². The lowest BCUT2D eigenvalue weighted by atomic mass is 10.00. The summed E-state index contributed by atoms with van der Waals surface area (Å²) in [6.07, 6.45) is 4.45. The van der Waals surface area contributed by atoms with Gasteiger partial charge in [-0.25, -0.2) is 0 Å². The van der Waals surface area contributed by atoms with E-state index in [1.54, 1.807) is 0 Å². The molecule has 0 aliphatic heterocycles. The van der Waals surface area contributed by atoms with Crippen molar-refractivity contribution in [1.82, 2.24) is 0 Å². The maximum absolute atomic E-state index is 2.29. The van der Waals surface area contributed by atoms with Crippen LogP contribution in [0.3, 0.4) is 0 Å². The Balaban J connectivity index is 1.51. The highest BCUT2D eigenvalue weighted by atomic mass is 14.0. The second-order valence-electron chi connectivity index (χ2n) is 6.79. The molecule has 0 bridgehead atoms. The minimum absolute atomic E-state index is 1.11. The zero-order valence-corrected chi connectivity index (χ0v) is 14.8. The summed E-state index contributed by atoms with van der Waals surface area (Å²) in [4.78, 5) is 0. The quantitative estimate of drug-likeness (QED) is 0.533. The Labute approximate surface area is 146 Å². The molecule has 0 nitrogen and oxygen atoms in total. The third-order valence-corrected chi connectivity index (χ3v) is 4.67. The van der Waals surface area contributed by atoms with Gasteiger partial charge >= 0.3 is 0 Å². The highest BCUT2D eigenvalue weighted by Crippen LogP contribution is 2.13. The van der Waals surface area contributed by atoms with Crippen LogP contribution in [0.15, 0.2) is 72.8 Å². The van der Waals surface area contributed by atoms with E-state index >= 15 is 0 Å². The lowest BCUT2D eigenvalue weighted by Crippen LogP contribution is -1.94. The Morgan fingerprint density at radius 3 is 0.833 bits per heavy atom. The maximum atomic E-state index is 2.29. The smallest absolute Gasteiger partial charge is 0.0238 e. The van der Waals surface area contributed by atoms with Crippen molar-refractivity contribution in [3.63, 3.8) is 0 Å². The third kappa shape index (κ3) is 4.83. The molecule has 0 aliphatic rings. The molecule has 0 unspecified atom stereocenters. The predicted octanol–water partition coefficient (Wildman–Crippen LogP) is 5.87. The van der Waals surface area contributed by atoms with E-state index in [-0.39, 0.29) is 0 Å². The first kappa shape index (κ1) is 16.5. The fourth-order valence-corrected chi connectivity index (χ4v) is 2.96. The molecule has 0 amide bonds. The summed E-state index contributed by atoms with van der Waals surface area (Å²) in [5.74, 6) is 0. The highest BCUT2D eigenvalue weighted by molar-refractivity contribution is 5.27. The zero-order valence-electron chi connectivity index (χ0n) is 14.8. The first-order valence-corrected chi connectivity index (χ1v) is 8.88. The summed E-state index contributed by atoms with van der Waals surface area (Å²) in [5.41, 5.74) is 8.35. The molecule has 0 N–H and O–H groups in total. The molecular formula is C24H26. The van der Waals surface area contributed by atoms with E-state index in [0.717, 1.165) is 25.7 Å². The van der Waals surface area contributed by atoms with Crippen LogP contribution in [-0.4, -0.2) is 0 Å². The van der Waals surface area contributed by atoms with E-state index < -0.39 is 0 Å². The number of benzene rings is 3. The topological polar surface area (TPSA) is 0 Å². The molecule has 0 heterocycles. The molecule has 0 aromatic heterocycles. The third-order valence-electron chi connectivity index (χ3n) is 4.67. The minimum atomic E-state index is 1.11. The molecule has 0 heteroatoms. The molecule has 0 aliphatic carbocycles. The standard InChI is InChI=1S/C24H26/c1-19-3-7-21(8-4-19)11-13-23-15-17-24(18-16-23)14-12-22-9-5-20(2)6-10-22/h3-10,15-18H,11-14H2,1-2H3. The van der Waals surface area contributed by atoms with Crippen LogP contribution in [0.25, 0.3) is 0 Å². The molecule has 0 radical (unpaired) electrons. The molecule has 24 heavy (non-hydrogen) atoms. The van der Waals surface area contributed by atoms with Crippen LogP contribution < -0.4 is 0 Å². The Morgan fingerprint density at radius 1 is 0.375 bits per heavy atom. The maximum Gasteiger partial charge on any atom is -0.0238 e. The van der Waals surface area contributed by atoms with Gasteiger partial charge in [-0.2, -0.15) is 0 Å². The molecule has 0 atom stereocenters. The van der Waals surface area contributed by atoms with Gasteiger partial charge in [-0.15, -0.1) is 0 Å². The van der Waals surface area contributed by atoms with Gasteiger partial charge in [0.1, 0.15) is 0 Å². The summed E-state index contributed by atoms with van der Waals surface area (Å²) >= 11 is 0. The monoisotopic (exact) mass is 314 g/mol. The van der Waals surface area contributed by atoms with Gasteiger partial charge in [0.15, 0.2) is 0 Å². The average molecular weight is 314 g/mol. The van der Waals surface area contributed by atoms with Crippen molar-refractivity contribution in [3.05, 3.63) is 106 Å². The fourth-order valence-electron chi connectivity index (χ4n) is 2.96. The highest BCUT2D eigenvalue weighted by Gasteiger charge is 1.99. The molecule has 3 rings (SSSR count). The SMILES string of the molecule is Cc1ccc(CCc2ccc(CCc3ccc(C)cc3)cc2)cc1. The first-order chi connectivity index (χ1) is 11.7. The van der Waals surface area contributed by atoms with Gasteiger partial charge in [-0.3, -0.25) is 0 Å². The molecule has 0 saturated heterocycles. The number of hydrogen-bond acceptors (Lipinski definition) is 0. The van der Waals surface area contributed by atoms with Gasteiger partial charge in [0, 0.05) is 0 Å². The van der Waals surface area contributed by atoms with Crippen LogP contribution in [0, 0.1) is 13.8 Å². The number of hydrogen-bond donors (Lipinski definition) is 0. The Hall–Kier alpha value is -2.34. The largest absolute Gasteiger partial charge is 0.0591 e. The lowest BCUT2D eigenvalue weighted by Gasteiger charge is -2.06. The van der Waals surface area contributed by atoms with E-state index in [1.165, 1.54) is 33.4 Å². The summed E-state index contributed by atoms with van der Waals surface area (Å²) in [6, 6.07) is 26.9. The molecular weight excluding hydrogens is 288 g/mol. The average Bonchev–Trinajstić information content (AvgIpc) is 2.62. The second-order valence-corrected chi connectivity index (χ2v) is 6.79. The van der Waals surface area contributed by atoms with Crippen molar-refractivity contribution >= 4 is 0 Å². The summed E-state index contributed by atoms with van der Waals surface area (Å²) < 4.78 is 0. The minimum Gasteiger partial charge on any atom is -0.0591 e. The van der Waals surface area contributed by atoms with Crippen LogP contribution in [0.1, 0.15) is 33.4 Å². The van der Waals surface area contributed by atoms with Crippen molar-refractivity contribution in [1.29, 1.82) is 0 Å². The predicted molar refractivity (Wildman–Crippen MR) is 104 cm³/mol. The van der Waals surface area contributed by atoms with Gasteiger partial charge in [0.25, 0.3) is 0 Å². The Kier molecular flexibility index (Phi) is 5.48. The van der Waals surface area contributed by atoms with Crippen molar-refractivity contribution in [2.45, 2.75) is 39.5 Å². The van der Waals surface area contributed by atoms with Gasteiger partial charge in [-0.1, -0.05) is 83.9 Å². The van der Waals surface area contributed by atoms with Crippen molar-refractivity contribution in [3.8, 4) is 0 Å². The lowest BCUT2D eigenvalue weighted by molar-refractivity contribution is 0.939. The summed E-state index contributed by atoms with van der Waals surface area (Å²) in [6.45, 7) is 4.28. The van der Waals surface area contributed by atoms with E-state index in [1.807, 2.05) is 0 Å².